The lowest BCUT2D eigenvalue weighted by molar-refractivity contribution is -0.379. The van der Waals surface area contributed by atoms with Gasteiger partial charge in [0.05, 0.1) is 38.6 Å². The zero-order valence-electron chi connectivity index (χ0n) is 50.9. The highest BCUT2D eigenvalue weighted by Gasteiger charge is 2.53. The first-order valence-electron chi connectivity index (χ1n) is 32.7. The van der Waals surface area contributed by atoms with Crippen LogP contribution in [-0.2, 0) is 33.2 Å². The zero-order valence-corrected chi connectivity index (χ0v) is 50.9. The molecule has 3 aliphatic rings. The van der Waals surface area contributed by atoms with Crippen LogP contribution in [0.1, 0.15) is 232 Å². The van der Waals surface area contributed by atoms with Crippen LogP contribution in [0, 0.1) is 0 Å². The van der Waals surface area contributed by atoms with Gasteiger partial charge in [0.25, 0.3) is 0 Å². The average molecular weight is 1190 g/mol. The quantitative estimate of drug-likeness (QED) is 0.0211. The molecule has 3 rings (SSSR count). The number of ether oxygens (including phenoxy) is 6. The molecule has 19 nitrogen and oxygen atoms in total. The molecule has 0 aromatic carbocycles. The lowest BCUT2D eigenvalue weighted by Gasteiger charge is -2.48. The molecule has 3 fully saturated rings. The summed E-state index contributed by atoms with van der Waals surface area (Å²) in [6, 6.07) is -0.894. The van der Waals surface area contributed by atoms with Crippen LogP contribution < -0.4 is 5.32 Å². The minimum atomic E-state index is -1.97. The van der Waals surface area contributed by atoms with Gasteiger partial charge in [0.1, 0.15) is 73.2 Å². The van der Waals surface area contributed by atoms with Crippen molar-refractivity contribution in [2.75, 3.05) is 26.4 Å². The minimum Gasteiger partial charge on any atom is -0.394 e. The molecule has 0 spiro atoms. The summed E-state index contributed by atoms with van der Waals surface area (Å²) >= 11 is 0. The van der Waals surface area contributed by atoms with E-state index in [2.05, 4.69) is 55.6 Å². The number of aliphatic hydroxyl groups excluding tert-OH is 11. The number of allylic oxidation sites excluding steroid dienone is 6. The van der Waals surface area contributed by atoms with Crippen molar-refractivity contribution in [3.8, 4) is 0 Å². The molecule has 0 aromatic rings. The number of unbranched alkanes of at least 4 members (excludes halogenated alkanes) is 27. The van der Waals surface area contributed by atoms with E-state index in [1.807, 2.05) is 0 Å². The van der Waals surface area contributed by atoms with Crippen LogP contribution in [0.5, 0.6) is 0 Å². The van der Waals surface area contributed by atoms with Crippen molar-refractivity contribution < 1.29 is 89.4 Å². The number of hydrogen-bond acceptors (Lipinski definition) is 18. The minimum absolute atomic E-state index is 0.252. The molecular weight excluding hydrogens is 1070 g/mol. The molecule has 0 aromatic heterocycles. The van der Waals surface area contributed by atoms with Gasteiger partial charge in [-0.3, -0.25) is 4.79 Å². The second kappa shape index (κ2) is 47.1. The summed E-state index contributed by atoms with van der Waals surface area (Å²) in [5, 5.41) is 121. The lowest BCUT2D eigenvalue weighted by Crippen LogP contribution is -2.66. The van der Waals surface area contributed by atoms with Crippen LogP contribution in [0.2, 0.25) is 0 Å². The zero-order chi connectivity index (χ0) is 60.5. The molecule has 17 unspecified atom stereocenters. The van der Waals surface area contributed by atoms with Gasteiger partial charge in [0.2, 0.25) is 5.91 Å². The Balaban J connectivity index is 1.47. The van der Waals surface area contributed by atoms with E-state index < -0.39 is 124 Å². The van der Waals surface area contributed by atoms with Gasteiger partial charge in [-0.2, -0.15) is 0 Å². The predicted molar refractivity (Wildman–Crippen MR) is 319 cm³/mol. The van der Waals surface area contributed by atoms with E-state index in [1.54, 1.807) is 0 Å². The Morgan fingerprint density at radius 2 is 0.795 bits per heavy atom. The Bertz CT molecular complexity index is 1660. The molecule has 0 radical (unpaired) electrons. The molecule has 1 amide bonds. The fourth-order valence-electron chi connectivity index (χ4n) is 11.1. The second-order valence-corrected chi connectivity index (χ2v) is 23.6. The summed E-state index contributed by atoms with van der Waals surface area (Å²) in [7, 11) is 0. The van der Waals surface area contributed by atoms with Crippen molar-refractivity contribution in [3.63, 3.8) is 0 Å². The van der Waals surface area contributed by atoms with E-state index >= 15 is 0 Å². The summed E-state index contributed by atoms with van der Waals surface area (Å²) in [4.78, 5) is 13.4. The van der Waals surface area contributed by atoms with Gasteiger partial charge >= 0.3 is 0 Å². The lowest BCUT2D eigenvalue weighted by atomic mass is 9.96. The number of carbonyl (C=O) groups excluding carboxylic acids is 1. The van der Waals surface area contributed by atoms with Crippen LogP contribution in [0.4, 0.5) is 0 Å². The third-order valence-electron chi connectivity index (χ3n) is 16.5. The van der Waals surface area contributed by atoms with Gasteiger partial charge in [0.15, 0.2) is 18.9 Å². The fraction of sp³-hybridized carbons (Fsp3) is 0.891. The van der Waals surface area contributed by atoms with Crippen LogP contribution >= 0.6 is 0 Å². The average Bonchev–Trinajstić information content (AvgIpc) is 3.43. The molecule has 3 aliphatic heterocycles. The molecule has 3 saturated heterocycles. The number of hydrogen-bond donors (Lipinski definition) is 12. The van der Waals surface area contributed by atoms with E-state index in [9.17, 15) is 61.0 Å². The third kappa shape index (κ3) is 30.2. The Hall–Kier alpha value is -1.99. The Labute approximate surface area is 498 Å². The van der Waals surface area contributed by atoms with Gasteiger partial charge in [0, 0.05) is 6.42 Å². The van der Waals surface area contributed by atoms with E-state index in [0.29, 0.717) is 12.8 Å². The van der Waals surface area contributed by atoms with Crippen molar-refractivity contribution in [1.82, 2.24) is 5.32 Å². The molecule has 486 valence electrons. The van der Waals surface area contributed by atoms with Crippen LogP contribution in [0.25, 0.3) is 0 Å². The summed E-state index contributed by atoms with van der Waals surface area (Å²) in [6.45, 7) is 1.77. The molecule has 0 bridgehead atoms. The number of amides is 1. The number of rotatable bonds is 49. The maximum absolute atomic E-state index is 13.4. The largest absolute Gasteiger partial charge is 0.394 e. The van der Waals surface area contributed by atoms with E-state index in [0.717, 1.165) is 83.5 Å². The summed E-state index contributed by atoms with van der Waals surface area (Å²) in [5.41, 5.74) is 0. The monoisotopic (exact) mass is 1190 g/mol. The van der Waals surface area contributed by atoms with E-state index in [1.165, 1.54) is 116 Å². The van der Waals surface area contributed by atoms with Crippen molar-refractivity contribution >= 4 is 5.91 Å². The highest BCUT2D eigenvalue weighted by molar-refractivity contribution is 5.76. The SMILES string of the molecule is CCCCC/C=C\C/C=C\C/C=C\CCCCCCCCC(=O)NC(COC1OC(CO)C(OC2OC(CO)C(OC3OC(CO)C(O)C(O)C3O)C(O)C2O)C(O)C1O)C(O)CCCCCCCCCCCCCCCCCCCCC. The van der Waals surface area contributed by atoms with E-state index in [4.69, 9.17) is 28.4 Å². The first-order valence-corrected chi connectivity index (χ1v) is 32.7. The highest BCUT2D eigenvalue weighted by Crippen LogP contribution is 2.33. The molecule has 0 saturated carbocycles. The Kier molecular flexibility index (Phi) is 42.7. The maximum Gasteiger partial charge on any atom is 0.220 e. The standard InChI is InChI=1S/C64H117NO18/c1-3-5-7-9-11-13-15-17-19-21-23-25-27-29-31-33-35-37-39-41-48(69)47(65-52(70)42-40-38-36-34-32-30-28-26-24-22-20-18-16-14-12-10-8-6-4-2)46-78-62-58(76)55(73)60(50(44-67)80-62)83-64-59(77)56(74)61(51(45-68)81-64)82-63-57(75)54(72)53(71)49(43-66)79-63/h12,14,18,20,24,26,47-51,53-64,66-69,71-77H,3-11,13,15-17,19,21-23,25,27-46H2,1-2H3,(H,65,70)/b14-12-,20-18-,26-24-. The number of aliphatic hydroxyl groups is 11. The Morgan fingerprint density at radius 1 is 0.434 bits per heavy atom. The van der Waals surface area contributed by atoms with Gasteiger partial charge in [-0.05, 0) is 51.4 Å². The van der Waals surface area contributed by atoms with Gasteiger partial charge in [-0.25, -0.2) is 0 Å². The molecule has 3 heterocycles. The second-order valence-electron chi connectivity index (χ2n) is 23.6. The highest BCUT2D eigenvalue weighted by atomic mass is 16.8. The van der Waals surface area contributed by atoms with Gasteiger partial charge in [-0.1, -0.05) is 211 Å². The van der Waals surface area contributed by atoms with Gasteiger partial charge in [-0.15, -0.1) is 0 Å². The molecule has 0 aliphatic carbocycles. The first kappa shape index (κ1) is 75.3. The summed E-state index contributed by atoms with van der Waals surface area (Å²) in [5.74, 6) is -0.255. The van der Waals surface area contributed by atoms with Crippen LogP contribution in [0.3, 0.4) is 0 Å². The van der Waals surface area contributed by atoms with Gasteiger partial charge < -0.3 is 89.9 Å². The van der Waals surface area contributed by atoms with E-state index in [-0.39, 0.29) is 18.9 Å². The smallest absolute Gasteiger partial charge is 0.220 e. The number of nitrogens with one attached hydrogen (secondary N) is 1. The van der Waals surface area contributed by atoms with Crippen molar-refractivity contribution in [1.29, 1.82) is 0 Å². The summed E-state index contributed by atoms with van der Waals surface area (Å²) in [6.07, 6.45) is 25.0. The topological polar surface area (TPSA) is 307 Å². The Morgan fingerprint density at radius 3 is 1.27 bits per heavy atom. The summed E-state index contributed by atoms with van der Waals surface area (Å²) < 4.78 is 34.4. The van der Waals surface area contributed by atoms with Crippen LogP contribution in [-0.4, -0.2) is 193 Å². The third-order valence-corrected chi connectivity index (χ3v) is 16.5. The number of carbonyl (C=O) groups is 1. The normalized spacial score (nSPS) is 29.6. The molecule has 12 N–H and O–H groups in total. The molecule has 83 heavy (non-hydrogen) atoms. The van der Waals surface area contributed by atoms with Crippen molar-refractivity contribution in [2.45, 2.75) is 336 Å². The maximum atomic E-state index is 13.4. The van der Waals surface area contributed by atoms with Crippen LogP contribution in [0.15, 0.2) is 36.5 Å². The first-order chi connectivity index (χ1) is 40.3. The molecule has 19 heteroatoms. The van der Waals surface area contributed by atoms with Crippen molar-refractivity contribution in [3.05, 3.63) is 36.5 Å². The molecular formula is C64H117NO18. The predicted octanol–water partition coefficient (Wildman–Crippen LogP) is 7.27. The molecule has 17 atom stereocenters. The fourth-order valence-corrected chi connectivity index (χ4v) is 11.1. The van der Waals surface area contributed by atoms with Crippen molar-refractivity contribution in [2.24, 2.45) is 0 Å².